The number of amides is 1. The van der Waals surface area contributed by atoms with Gasteiger partial charge in [0.2, 0.25) is 5.91 Å². The van der Waals surface area contributed by atoms with E-state index < -0.39 is 0 Å². The van der Waals surface area contributed by atoms with Crippen LogP contribution in [-0.4, -0.2) is 23.3 Å². The third-order valence-electron chi connectivity index (χ3n) is 4.09. The molecule has 0 aliphatic heterocycles. The van der Waals surface area contributed by atoms with Gasteiger partial charge in [-0.15, -0.1) is 11.8 Å². The number of aromatic nitrogens is 1. The Morgan fingerprint density at radius 2 is 1.96 bits per heavy atom. The van der Waals surface area contributed by atoms with Crippen LogP contribution in [-0.2, 0) is 11.3 Å². The maximum Gasteiger partial charge on any atom is 0.233 e. The van der Waals surface area contributed by atoms with E-state index in [-0.39, 0.29) is 11.2 Å². The number of nitrogens with one attached hydrogen (secondary N) is 1. The molecule has 3 aromatic rings. The first-order valence-corrected chi connectivity index (χ1v) is 9.38. The van der Waals surface area contributed by atoms with Gasteiger partial charge in [-0.05, 0) is 43.7 Å². The lowest BCUT2D eigenvalue weighted by atomic mass is 10.2. The first-order chi connectivity index (χ1) is 12.6. The van der Waals surface area contributed by atoms with Crippen molar-refractivity contribution in [2.45, 2.75) is 30.5 Å². The Hall–Kier alpha value is -2.53. The number of carbonyl (C=O) groups excluding carboxylic acids is 1. The van der Waals surface area contributed by atoms with Gasteiger partial charge in [-0.2, -0.15) is 0 Å². The Morgan fingerprint density at radius 3 is 2.69 bits per heavy atom. The number of hydrogen-bond donors (Lipinski definition) is 1. The van der Waals surface area contributed by atoms with Gasteiger partial charge in [-0.1, -0.05) is 30.3 Å². The molecule has 0 saturated heterocycles. The molecule has 0 saturated carbocycles. The summed E-state index contributed by atoms with van der Waals surface area (Å²) >= 11 is 1.54. The van der Waals surface area contributed by atoms with E-state index >= 15 is 0 Å². The standard InChI is InChI=1S/C21H22N2O2S/c1-14-11-20(18-12-17(25-3)9-10-19(18)23-14)26-15(2)21(24)22-13-16-7-5-4-6-8-16/h4-12,15H,13H2,1-3H3,(H,22,24). The van der Waals surface area contributed by atoms with E-state index in [1.54, 1.807) is 18.9 Å². The lowest BCUT2D eigenvalue weighted by molar-refractivity contribution is -0.120. The van der Waals surface area contributed by atoms with Gasteiger partial charge in [0.05, 0.1) is 17.9 Å². The van der Waals surface area contributed by atoms with Crippen LogP contribution in [0.3, 0.4) is 0 Å². The Labute approximate surface area is 158 Å². The van der Waals surface area contributed by atoms with Gasteiger partial charge in [0.15, 0.2) is 0 Å². The summed E-state index contributed by atoms with van der Waals surface area (Å²) in [6, 6.07) is 17.8. The molecule has 1 amide bonds. The predicted octanol–water partition coefficient (Wildman–Crippen LogP) is 4.35. The molecule has 1 unspecified atom stereocenters. The Balaban J connectivity index is 1.75. The number of rotatable bonds is 6. The topological polar surface area (TPSA) is 51.2 Å². The molecule has 3 rings (SSSR count). The molecule has 1 heterocycles. The minimum atomic E-state index is -0.213. The van der Waals surface area contributed by atoms with E-state index in [0.717, 1.165) is 32.8 Å². The molecule has 2 aromatic carbocycles. The zero-order valence-corrected chi connectivity index (χ0v) is 16.0. The van der Waals surface area contributed by atoms with Crippen LogP contribution in [0, 0.1) is 6.92 Å². The fraction of sp³-hybridized carbons (Fsp3) is 0.238. The lowest BCUT2D eigenvalue weighted by Crippen LogP contribution is -2.30. The Bertz CT molecular complexity index is 913. The van der Waals surface area contributed by atoms with Crippen molar-refractivity contribution in [3.05, 3.63) is 65.9 Å². The quantitative estimate of drug-likeness (QED) is 0.659. The highest BCUT2D eigenvalue weighted by atomic mass is 32.2. The molecule has 5 heteroatoms. The van der Waals surface area contributed by atoms with E-state index in [0.29, 0.717) is 6.54 Å². The van der Waals surface area contributed by atoms with Gasteiger partial charge >= 0.3 is 0 Å². The molecule has 0 bridgehead atoms. The van der Waals surface area contributed by atoms with Gasteiger partial charge in [0, 0.05) is 22.5 Å². The summed E-state index contributed by atoms with van der Waals surface area (Å²) in [5, 5.41) is 3.79. The largest absolute Gasteiger partial charge is 0.497 e. The highest BCUT2D eigenvalue weighted by Gasteiger charge is 2.16. The van der Waals surface area contributed by atoms with Crippen LogP contribution in [0.15, 0.2) is 59.5 Å². The number of benzene rings is 2. The second-order valence-corrected chi connectivity index (χ2v) is 7.49. The average Bonchev–Trinajstić information content (AvgIpc) is 2.66. The summed E-state index contributed by atoms with van der Waals surface area (Å²) in [5.74, 6) is 0.801. The first kappa shape index (κ1) is 18.3. The lowest BCUT2D eigenvalue weighted by Gasteiger charge is -2.14. The second-order valence-electron chi connectivity index (χ2n) is 6.11. The molecular weight excluding hydrogens is 344 g/mol. The number of aryl methyl sites for hydroxylation is 1. The molecule has 0 aliphatic carbocycles. The maximum atomic E-state index is 12.5. The normalized spacial score (nSPS) is 12.0. The molecule has 0 spiro atoms. The van der Waals surface area contributed by atoms with Crippen LogP contribution >= 0.6 is 11.8 Å². The van der Waals surface area contributed by atoms with Crippen molar-refractivity contribution in [3.8, 4) is 5.75 Å². The van der Waals surface area contributed by atoms with Crippen LogP contribution in [0.4, 0.5) is 0 Å². The van der Waals surface area contributed by atoms with Crippen molar-refractivity contribution in [2.75, 3.05) is 7.11 Å². The van der Waals surface area contributed by atoms with E-state index in [9.17, 15) is 4.79 Å². The average molecular weight is 366 g/mol. The zero-order valence-electron chi connectivity index (χ0n) is 15.2. The van der Waals surface area contributed by atoms with Crippen molar-refractivity contribution in [1.82, 2.24) is 10.3 Å². The van der Waals surface area contributed by atoms with E-state index in [1.165, 1.54) is 0 Å². The summed E-state index contributed by atoms with van der Waals surface area (Å²) in [6.45, 7) is 4.43. The van der Waals surface area contributed by atoms with Crippen LogP contribution < -0.4 is 10.1 Å². The van der Waals surface area contributed by atoms with Crippen molar-refractivity contribution < 1.29 is 9.53 Å². The highest BCUT2D eigenvalue weighted by Crippen LogP contribution is 2.33. The van der Waals surface area contributed by atoms with Gasteiger partial charge < -0.3 is 10.1 Å². The molecule has 1 aromatic heterocycles. The zero-order chi connectivity index (χ0) is 18.5. The Morgan fingerprint density at radius 1 is 1.19 bits per heavy atom. The molecule has 1 atom stereocenters. The number of ether oxygens (including phenoxy) is 1. The molecule has 1 N–H and O–H groups in total. The van der Waals surface area contributed by atoms with Crippen molar-refractivity contribution >= 4 is 28.6 Å². The summed E-state index contributed by atoms with van der Waals surface area (Å²) in [7, 11) is 1.65. The Kier molecular flexibility index (Phi) is 5.78. The van der Waals surface area contributed by atoms with Crippen molar-refractivity contribution in [3.63, 3.8) is 0 Å². The number of hydrogen-bond acceptors (Lipinski definition) is 4. The molecule has 0 radical (unpaired) electrons. The summed E-state index contributed by atoms with van der Waals surface area (Å²) in [6.07, 6.45) is 0. The number of methoxy groups -OCH3 is 1. The summed E-state index contributed by atoms with van der Waals surface area (Å²) < 4.78 is 5.33. The van der Waals surface area contributed by atoms with E-state index in [1.807, 2.05) is 68.4 Å². The van der Waals surface area contributed by atoms with Crippen LogP contribution in [0.5, 0.6) is 5.75 Å². The molecule has 134 valence electrons. The highest BCUT2D eigenvalue weighted by molar-refractivity contribution is 8.00. The van der Waals surface area contributed by atoms with Crippen molar-refractivity contribution in [2.24, 2.45) is 0 Å². The molecule has 0 fully saturated rings. The van der Waals surface area contributed by atoms with Gasteiger partial charge in [0.1, 0.15) is 5.75 Å². The van der Waals surface area contributed by atoms with Crippen molar-refractivity contribution in [1.29, 1.82) is 0 Å². The van der Waals surface area contributed by atoms with E-state index in [2.05, 4.69) is 10.3 Å². The van der Waals surface area contributed by atoms with Gasteiger partial charge in [-0.3, -0.25) is 9.78 Å². The smallest absolute Gasteiger partial charge is 0.233 e. The SMILES string of the molecule is COc1ccc2nc(C)cc(SC(C)C(=O)NCc3ccccc3)c2c1. The number of fused-ring (bicyclic) bond motifs is 1. The van der Waals surface area contributed by atoms with E-state index in [4.69, 9.17) is 4.74 Å². The minimum absolute atomic E-state index is 0.0179. The molecule has 26 heavy (non-hydrogen) atoms. The van der Waals surface area contributed by atoms with Crippen LogP contribution in [0.2, 0.25) is 0 Å². The third-order valence-corrected chi connectivity index (χ3v) is 5.25. The number of nitrogens with zero attached hydrogens (tertiary/aromatic N) is 1. The van der Waals surface area contributed by atoms with Gasteiger partial charge in [-0.25, -0.2) is 0 Å². The third kappa shape index (κ3) is 4.35. The minimum Gasteiger partial charge on any atom is -0.497 e. The van der Waals surface area contributed by atoms with Crippen LogP contribution in [0.1, 0.15) is 18.2 Å². The first-order valence-electron chi connectivity index (χ1n) is 8.50. The van der Waals surface area contributed by atoms with Gasteiger partial charge in [0.25, 0.3) is 0 Å². The second kappa shape index (κ2) is 8.23. The number of carbonyl (C=O) groups is 1. The molecule has 0 aliphatic rings. The predicted molar refractivity (Wildman–Crippen MR) is 107 cm³/mol. The fourth-order valence-corrected chi connectivity index (χ4v) is 3.80. The van der Waals surface area contributed by atoms with Crippen LogP contribution in [0.25, 0.3) is 10.9 Å². The fourth-order valence-electron chi connectivity index (χ4n) is 2.70. The summed E-state index contributed by atoms with van der Waals surface area (Å²) in [4.78, 5) is 18.1. The molecule has 4 nitrogen and oxygen atoms in total. The summed E-state index contributed by atoms with van der Waals surface area (Å²) in [5.41, 5.74) is 2.93. The maximum absolute atomic E-state index is 12.5. The monoisotopic (exact) mass is 366 g/mol. The molecular formula is C21H22N2O2S. The number of thioether (sulfide) groups is 1. The number of pyridine rings is 1.